The molecule has 0 bridgehead atoms. The van der Waals surface area contributed by atoms with E-state index in [9.17, 15) is 4.79 Å². The van der Waals surface area contributed by atoms with Gasteiger partial charge in [0.05, 0.1) is 23.8 Å². The molecule has 0 saturated carbocycles. The molecule has 0 spiro atoms. The number of carbonyl (C=O) groups excluding carboxylic acids is 1. The van der Waals surface area contributed by atoms with E-state index in [1.807, 2.05) is 13.0 Å². The maximum atomic E-state index is 12.3. The van der Waals surface area contributed by atoms with Crippen LogP contribution in [-0.4, -0.2) is 40.5 Å². The fourth-order valence-corrected chi connectivity index (χ4v) is 2.24. The minimum absolute atomic E-state index is 0.0803. The lowest BCUT2D eigenvalue weighted by molar-refractivity contribution is -0.118. The molecule has 2 rings (SSSR count). The molecule has 0 aliphatic carbocycles. The first-order valence-corrected chi connectivity index (χ1v) is 7.39. The number of rotatable bonds is 6. The predicted octanol–water partition coefficient (Wildman–Crippen LogP) is 2.69. The highest BCUT2D eigenvalue weighted by Crippen LogP contribution is 2.25. The Hall–Kier alpha value is -2.41. The third-order valence-corrected chi connectivity index (χ3v) is 3.51. The van der Waals surface area contributed by atoms with E-state index in [0.29, 0.717) is 18.5 Å². The zero-order chi connectivity index (χ0) is 16.8. The highest BCUT2D eigenvalue weighted by atomic mass is 35.5. The molecule has 0 unspecified atom stereocenters. The van der Waals surface area contributed by atoms with Gasteiger partial charge in [-0.3, -0.25) is 9.78 Å². The van der Waals surface area contributed by atoms with Crippen LogP contribution in [0.5, 0.6) is 0 Å². The van der Waals surface area contributed by atoms with E-state index < -0.39 is 0 Å². The van der Waals surface area contributed by atoms with E-state index in [1.165, 1.54) is 12.0 Å². The predicted molar refractivity (Wildman–Crippen MR) is 89.1 cm³/mol. The van der Waals surface area contributed by atoms with Gasteiger partial charge in [0.25, 0.3) is 0 Å². The number of oxime groups is 1. The molecule has 0 saturated heterocycles. The molecule has 7 nitrogen and oxygen atoms in total. The Bertz CT molecular complexity index is 699. The number of pyridine rings is 1. The van der Waals surface area contributed by atoms with Gasteiger partial charge in [-0.15, -0.1) is 0 Å². The molecule has 0 aromatic carbocycles. The van der Waals surface area contributed by atoms with Crippen LogP contribution >= 0.6 is 11.6 Å². The van der Waals surface area contributed by atoms with Crippen LogP contribution in [0.4, 0.5) is 5.69 Å². The molecule has 0 aliphatic heterocycles. The van der Waals surface area contributed by atoms with Crippen molar-refractivity contribution in [1.29, 1.82) is 0 Å². The van der Waals surface area contributed by atoms with Gasteiger partial charge >= 0.3 is 0 Å². The number of halogens is 1. The van der Waals surface area contributed by atoms with Crippen molar-refractivity contribution < 1.29 is 9.63 Å². The van der Waals surface area contributed by atoms with Gasteiger partial charge < -0.3 is 9.74 Å². The van der Waals surface area contributed by atoms with Crippen LogP contribution in [0.1, 0.15) is 19.8 Å². The Balaban J connectivity index is 2.10. The Labute approximate surface area is 139 Å². The Kier molecular flexibility index (Phi) is 5.70. The topological polar surface area (TPSA) is 72.6 Å². The molecule has 2 heterocycles. The van der Waals surface area contributed by atoms with Gasteiger partial charge in [-0.1, -0.05) is 16.8 Å². The molecule has 0 atom stereocenters. The van der Waals surface area contributed by atoms with Crippen molar-refractivity contribution in [2.24, 2.45) is 5.16 Å². The van der Waals surface area contributed by atoms with Crippen LogP contribution in [0.3, 0.4) is 0 Å². The summed E-state index contributed by atoms with van der Waals surface area (Å²) in [4.78, 5) is 22.5. The van der Waals surface area contributed by atoms with Crippen molar-refractivity contribution in [3.05, 3.63) is 35.9 Å². The van der Waals surface area contributed by atoms with Crippen molar-refractivity contribution in [1.82, 2.24) is 14.8 Å². The van der Waals surface area contributed by atoms with Gasteiger partial charge in [0.1, 0.15) is 12.8 Å². The van der Waals surface area contributed by atoms with Crippen LogP contribution in [0.2, 0.25) is 5.15 Å². The average Bonchev–Trinajstić information content (AvgIpc) is 2.95. The van der Waals surface area contributed by atoms with E-state index >= 15 is 0 Å². The lowest BCUT2D eigenvalue weighted by Gasteiger charge is -2.15. The summed E-state index contributed by atoms with van der Waals surface area (Å²) in [6.07, 6.45) is 5.87. The molecule has 1 amide bonds. The molecule has 0 N–H and O–H groups in total. The highest BCUT2D eigenvalue weighted by molar-refractivity contribution is 6.32. The standard InChI is InChI=1S/C15H18ClN5O2/c1-11(19-23-3)6-7-14(22)20(2)13-10-21(18-15(13)16)12-5-4-8-17-9-12/h4-5,8-10H,6-7H2,1-3H3. The van der Waals surface area contributed by atoms with Crippen molar-refractivity contribution >= 4 is 28.9 Å². The summed E-state index contributed by atoms with van der Waals surface area (Å²) in [6.45, 7) is 1.81. The molecule has 2 aromatic rings. The second-order valence-electron chi connectivity index (χ2n) is 4.92. The fourth-order valence-electron chi connectivity index (χ4n) is 1.98. The highest BCUT2D eigenvalue weighted by Gasteiger charge is 2.18. The summed E-state index contributed by atoms with van der Waals surface area (Å²) in [5, 5.41) is 8.26. The lowest BCUT2D eigenvalue weighted by atomic mass is 10.2. The number of nitrogens with zero attached hydrogens (tertiary/aromatic N) is 5. The number of anilines is 1. The van der Waals surface area contributed by atoms with Gasteiger partial charge in [-0.05, 0) is 25.5 Å². The average molecular weight is 336 g/mol. The minimum Gasteiger partial charge on any atom is -0.399 e. The maximum Gasteiger partial charge on any atom is 0.227 e. The number of carbonyl (C=O) groups is 1. The summed E-state index contributed by atoms with van der Waals surface area (Å²) in [5.41, 5.74) is 2.07. The van der Waals surface area contributed by atoms with Crippen LogP contribution in [0.15, 0.2) is 35.9 Å². The lowest BCUT2D eigenvalue weighted by Crippen LogP contribution is -2.26. The van der Waals surface area contributed by atoms with Crippen molar-refractivity contribution in [2.75, 3.05) is 19.1 Å². The van der Waals surface area contributed by atoms with Gasteiger partial charge in [-0.25, -0.2) is 4.68 Å². The number of aromatic nitrogens is 3. The van der Waals surface area contributed by atoms with Crippen molar-refractivity contribution in [2.45, 2.75) is 19.8 Å². The third-order valence-electron chi connectivity index (χ3n) is 3.25. The monoisotopic (exact) mass is 335 g/mol. The number of hydrogen-bond acceptors (Lipinski definition) is 5. The quantitative estimate of drug-likeness (QED) is 0.601. The summed E-state index contributed by atoms with van der Waals surface area (Å²) in [7, 11) is 3.14. The van der Waals surface area contributed by atoms with E-state index in [4.69, 9.17) is 11.6 Å². The number of hydrogen-bond donors (Lipinski definition) is 0. The van der Waals surface area contributed by atoms with E-state index in [1.54, 1.807) is 36.4 Å². The van der Waals surface area contributed by atoms with Crippen LogP contribution in [0, 0.1) is 0 Å². The smallest absolute Gasteiger partial charge is 0.227 e. The van der Waals surface area contributed by atoms with E-state index in [2.05, 4.69) is 20.1 Å². The van der Waals surface area contributed by atoms with Crippen molar-refractivity contribution in [3.63, 3.8) is 0 Å². The van der Waals surface area contributed by atoms with Crippen LogP contribution in [0.25, 0.3) is 5.69 Å². The van der Waals surface area contributed by atoms with Gasteiger partial charge in [-0.2, -0.15) is 5.10 Å². The number of amides is 1. The molecule has 23 heavy (non-hydrogen) atoms. The Morgan fingerprint density at radius 1 is 1.48 bits per heavy atom. The molecule has 0 fully saturated rings. The summed E-state index contributed by atoms with van der Waals surface area (Å²) in [5.74, 6) is -0.0803. The summed E-state index contributed by atoms with van der Waals surface area (Å²) < 4.78 is 1.59. The van der Waals surface area contributed by atoms with Gasteiger partial charge in [0.15, 0.2) is 5.15 Å². The summed E-state index contributed by atoms with van der Waals surface area (Å²) in [6, 6.07) is 3.66. The second-order valence-corrected chi connectivity index (χ2v) is 5.28. The molecule has 0 radical (unpaired) electrons. The molecular weight excluding hydrogens is 318 g/mol. The SMILES string of the molecule is CON=C(C)CCC(=O)N(C)c1cn(-c2cccnc2)nc1Cl. The van der Waals surface area contributed by atoms with E-state index in [0.717, 1.165) is 11.4 Å². The molecule has 0 aliphatic rings. The first-order chi connectivity index (χ1) is 11.0. The van der Waals surface area contributed by atoms with Gasteiger partial charge in [0.2, 0.25) is 5.91 Å². The Morgan fingerprint density at radius 3 is 2.91 bits per heavy atom. The van der Waals surface area contributed by atoms with Gasteiger partial charge in [0, 0.05) is 19.7 Å². The molecular formula is C15H18ClN5O2. The molecule has 2 aromatic heterocycles. The minimum atomic E-state index is -0.0803. The van der Waals surface area contributed by atoms with Crippen LogP contribution in [-0.2, 0) is 9.63 Å². The van der Waals surface area contributed by atoms with Crippen LogP contribution < -0.4 is 4.90 Å². The zero-order valence-electron chi connectivity index (χ0n) is 13.2. The summed E-state index contributed by atoms with van der Waals surface area (Å²) >= 11 is 6.16. The van der Waals surface area contributed by atoms with E-state index in [-0.39, 0.29) is 11.1 Å². The first-order valence-electron chi connectivity index (χ1n) is 7.01. The molecule has 122 valence electrons. The fraction of sp³-hybridized carbons (Fsp3) is 0.333. The largest absolute Gasteiger partial charge is 0.399 e. The second kappa shape index (κ2) is 7.73. The normalized spacial score (nSPS) is 11.4. The first kappa shape index (κ1) is 17.0. The zero-order valence-corrected chi connectivity index (χ0v) is 14.0. The maximum absolute atomic E-state index is 12.3. The molecule has 8 heteroatoms. The van der Waals surface area contributed by atoms with Crippen molar-refractivity contribution in [3.8, 4) is 5.69 Å². The Morgan fingerprint density at radius 2 is 2.26 bits per heavy atom. The third kappa shape index (κ3) is 4.29.